The number of carboxylic acid groups (broad SMARTS) is 1. The van der Waals surface area contributed by atoms with Gasteiger partial charge in [0.1, 0.15) is 11.3 Å². The van der Waals surface area contributed by atoms with Crippen molar-refractivity contribution in [2.75, 3.05) is 10.6 Å². The predicted molar refractivity (Wildman–Crippen MR) is 134 cm³/mol. The zero-order valence-corrected chi connectivity index (χ0v) is 19.2. The molecular formula is C26H24N2O5S. The number of hydrogen-bond acceptors (Lipinski definition) is 5. The molecule has 1 unspecified atom stereocenters. The number of carbonyl (C=O) groups excluding carboxylic acids is 2. The lowest BCUT2D eigenvalue weighted by molar-refractivity contribution is -0.115. The number of amides is 2. The van der Waals surface area contributed by atoms with Crippen molar-refractivity contribution in [3.8, 4) is 5.75 Å². The molecule has 0 aliphatic rings. The topological polar surface area (TPSA) is 116 Å². The molecule has 1 atom stereocenters. The smallest absolute Gasteiger partial charge is 0.339 e. The van der Waals surface area contributed by atoms with Crippen LogP contribution in [-0.2, 0) is 9.59 Å². The monoisotopic (exact) mass is 476 g/mol. The van der Waals surface area contributed by atoms with E-state index in [-0.39, 0.29) is 28.8 Å². The Morgan fingerprint density at radius 3 is 2.38 bits per heavy atom. The molecule has 4 N–H and O–H groups in total. The summed E-state index contributed by atoms with van der Waals surface area (Å²) in [6, 6.07) is 20.6. The van der Waals surface area contributed by atoms with Crippen molar-refractivity contribution in [3.63, 3.8) is 0 Å². The first-order valence-corrected chi connectivity index (χ1v) is 11.4. The molecule has 0 spiro atoms. The molecule has 7 nitrogen and oxygen atoms in total. The summed E-state index contributed by atoms with van der Waals surface area (Å²) in [7, 11) is 0. The van der Waals surface area contributed by atoms with E-state index in [2.05, 4.69) is 10.6 Å². The van der Waals surface area contributed by atoms with E-state index in [1.165, 1.54) is 36.0 Å². The first kappa shape index (κ1) is 24.6. The van der Waals surface area contributed by atoms with E-state index in [4.69, 9.17) is 5.11 Å². The zero-order valence-electron chi connectivity index (χ0n) is 18.4. The minimum Gasteiger partial charge on any atom is -0.507 e. The van der Waals surface area contributed by atoms with E-state index >= 15 is 0 Å². The highest BCUT2D eigenvalue weighted by molar-refractivity contribution is 8.00. The number of nitrogens with one attached hydrogen (secondary N) is 2. The van der Waals surface area contributed by atoms with E-state index < -0.39 is 11.2 Å². The first-order valence-electron chi connectivity index (χ1n) is 10.5. The molecule has 0 fully saturated rings. The minimum atomic E-state index is -1.28. The van der Waals surface area contributed by atoms with Crippen LogP contribution in [0.15, 0.2) is 83.8 Å². The van der Waals surface area contributed by atoms with Crippen molar-refractivity contribution >= 4 is 47.0 Å². The molecule has 0 radical (unpaired) electrons. The third-order valence-electron chi connectivity index (χ3n) is 4.76. The van der Waals surface area contributed by atoms with Gasteiger partial charge in [-0.05, 0) is 54.5 Å². The molecule has 0 bridgehead atoms. The summed E-state index contributed by atoms with van der Waals surface area (Å²) >= 11 is 1.33. The average molecular weight is 477 g/mol. The second kappa shape index (κ2) is 11.7. The molecule has 0 aromatic heterocycles. The first-order chi connectivity index (χ1) is 16.4. The van der Waals surface area contributed by atoms with Gasteiger partial charge >= 0.3 is 5.97 Å². The van der Waals surface area contributed by atoms with Crippen LogP contribution in [0.25, 0.3) is 6.08 Å². The van der Waals surface area contributed by atoms with Gasteiger partial charge in [-0.1, -0.05) is 43.3 Å². The highest BCUT2D eigenvalue weighted by atomic mass is 32.2. The van der Waals surface area contributed by atoms with Crippen molar-refractivity contribution in [2.45, 2.75) is 23.5 Å². The highest BCUT2D eigenvalue weighted by Gasteiger charge is 2.19. The van der Waals surface area contributed by atoms with Crippen LogP contribution in [0.1, 0.15) is 29.3 Å². The Hall–Kier alpha value is -4.04. The van der Waals surface area contributed by atoms with Crippen molar-refractivity contribution in [2.24, 2.45) is 0 Å². The molecular weight excluding hydrogens is 452 g/mol. The standard InChI is InChI=1S/C26H24N2O5S/c1-2-23(25(31)28-19-12-13-22(29)21(16-19)26(32)33)34-20-10-6-9-18(15-20)27-24(30)14-11-17-7-4-3-5-8-17/h3-16,23,29H,2H2,1H3,(H,27,30)(H,28,31)(H,32,33)/b14-11+. The van der Waals surface area contributed by atoms with Crippen molar-refractivity contribution in [1.82, 2.24) is 0 Å². The molecule has 34 heavy (non-hydrogen) atoms. The Morgan fingerprint density at radius 1 is 0.941 bits per heavy atom. The maximum absolute atomic E-state index is 12.8. The Bertz CT molecular complexity index is 1210. The van der Waals surface area contributed by atoms with Crippen LogP contribution in [0.5, 0.6) is 5.75 Å². The zero-order chi connectivity index (χ0) is 24.5. The Kier molecular flexibility index (Phi) is 8.48. The molecule has 8 heteroatoms. The number of anilines is 2. The molecule has 3 aromatic carbocycles. The molecule has 0 saturated heterocycles. The molecule has 3 rings (SSSR count). The average Bonchev–Trinajstić information content (AvgIpc) is 2.83. The molecule has 2 amide bonds. The number of hydrogen-bond donors (Lipinski definition) is 4. The van der Waals surface area contributed by atoms with E-state index in [0.29, 0.717) is 12.1 Å². The number of rotatable bonds is 9. The molecule has 0 aliphatic heterocycles. The number of carbonyl (C=O) groups is 3. The quantitative estimate of drug-likeness (QED) is 0.190. The Morgan fingerprint density at radius 2 is 1.68 bits per heavy atom. The van der Waals surface area contributed by atoms with E-state index in [9.17, 15) is 19.5 Å². The van der Waals surface area contributed by atoms with Crippen LogP contribution < -0.4 is 10.6 Å². The number of benzene rings is 3. The van der Waals surface area contributed by atoms with Crippen molar-refractivity contribution < 1.29 is 24.6 Å². The lowest BCUT2D eigenvalue weighted by Gasteiger charge is -2.16. The van der Waals surface area contributed by atoms with Gasteiger partial charge in [0.05, 0.1) is 5.25 Å². The third kappa shape index (κ3) is 6.98. The minimum absolute atomic E-state index is 0.266. The van der Waals surface area contributed by atoms with Gasteiger partial charge in [-0.15, -0.1) is 11.8 Å². The second-order valence-electron chi connectivity index (χ2n) is 7.30. The number of carboxylic acids is 1. The van der Waals surface area contributed by atoms with Gasteiger partial charge in [-0.2, -0.15) is 0 Å². The summed E-state index contributed by atoms with van der Waals surface area (Å²) < 4.78 is 0. The molecule has 3 aromatic rings. The fraction of sp³-hybridized carbons (Fsp3) is 0.115. The molecule has 174 valence electrons. The van der Waals surface area contributed by atoms with Gasteiger partial charge in [0.2, 0.25) is 11.8 Å². The maximum atomic E-state index is 12.8. The third-order valence-corrected chi connectivity index (χ3v) is 6.12. The van der Waals surface area contributed by atoms with E-state index in [0.717, 1.165) is 10.5 Å². The van der Waals surface area contributed by atoms with Gasteiger partial charge in [0.15, 0.2) is 0 Å². The van der Waals surface area contributed by atoms with Crippen molar-refractivity contribution in [1.29, 1.82) is 0 Å². The lowest BCUT2D eigenvalue weighted by Crippen LogP contribution is -2.24. The van der Waals surface area contributed by atoms with Crippen LogP contribution in [0.2, 0.25) is 0 Å². The summed E-state index contributed by atoms with van der Waals surface area (Å²) in [4.78, 5) is 37.0. The molecule has 0 saturated carbocycles. The van der Waals surface area contributed by atoms with Crippen LogP contribution >= 0.6 is 11.8 Å². The van der Waals surface area contributed by atoms with Crippen molar-refractivity contribution in [3.05, 3.63) is 90.0 Å². The second-order valence-corrected chi connectivity index (χ2v) is 8.58. The maximum Gasteiger partial charge on any atom is 0.339 e. The number of aromatic hydroxyl groups is 1. The van der Waals surface area contributed by atoms with Crippen LogP contribution in [0, 0.1) is 0 Å². The van der Waals surface area contributed by atoms with Gasteiger partial charge in [0.25, 0.3) is 0 Å². The highest BCUT2D eigenvalue weighted by Crippen LogP contribution is 2.29. The normalized spacial score (nSPS) is 11.7. The lowest BCUT2D eigenvalue weighted by atomic mass is 10.1. The fourth-order valence-electron chi connectivity index (χ4n) is 3.06. The van der Waals surface area contributed by atoms with Crippen LogP contribution in [0.3, 0.4) is 0 Å². The largest absolute Gasteiger partial charge is 0.507 e. The predicted octanol–water partition coefficient (Wildman–Crippen LogP) is 5.25. The van der Waals surface area contributed by atoms with Gasteiger partial charge < -0.3 is 20.8 Å². The number of aromatic carboxylic acids is 1. The van der Waals surface area contributed by atoms with Crippen LogP contribution in [-0.4, -0.2) is 33.2 Å². The van der Waals surface area contributed by atoms with Crippen LogP contribution in [0.4, 0.5) is 11.4 Å². The SMILES string of the molecule is CCC(Sc1cccc(NC(=O)/C=C/c2ccccc2)c1)C(=O)Nc1ccc(O)c(C(=O)O)c1. The number of thioether (sulfide) groups is 1. The summed E-state index contributed by atoms with van der Waals surface area (Å²) in [6.07, 6.45) is 3.71. The Balaban J connectivity index is 1.63. The fourth-order valence-corrected chi connectivity index (χ4v) is 4.07. The van der Waals surface area contributed by atoms with Gasteiger partial charge in [0, 0.05) is 22.3 Å². The molecule has 0 heterocycles. The Labute approximate surface area is 201 Å². The van der Waals surface area contributed by atoms with E-state index in [1.54, 1.807) is 24.3 Å². The summed E-state index contributed by atoms with van der Waals surface area (Å²) in [6.45, 7) is 1.87. The summed E-state index contributed by atoms with van der Waals surface area (Å²) in [5, 5.41) is 23.8. The van der Waals surface area contributed by atoms with E-state index in [1.807, 2.05) is 43.3 Å². The summed E-state index contributed by atoms with van der Waals surface area (Å²) in [5.41, 5.74) is 1.52. The summed E-state index contributed by atoms with van der Waals surface area (Å²) in [5.74, 6) is -2.22. The van der Waals surface area contributed by atoms with Gasteiger partial charge in [-0.3, -0.25) is 9.59 Å². The molecule has 0 aliphatic carbocycles. The number of phenols is 1. The van der Waals surface area contributed by atoms with Gasteiger partial charge in [-0.25, -0.2) is 4.79 Å².